The minimum absolute atomic E-state index is 0.539. The predicted octanol–water partition coefficient (Wildman–Crippen LogP) is 3.57. The van der Waals surface area contributed by atoms with E-state index in [1.165, 1.54) is 0 Å². The Labute approximate surface area is 65.1 Å². The van der Waals surface area contributed by atoms with Crippen LogP contribution in [0.3, 0.4) is 0 Å². The molecular formula is C4H6Cl3P. The summed E-state index contributed by atoms with van der Waals surface area (Å²) in [7, 11) is 0. The molecule has 0 bridgehead atoms. The molecule has 0 aliphatic rings. The highest BCUT2D eigenvalue weighted by molar-refractivity contribution is 8.04. The van der Waals surface area contributed by atoms with Gasteiger partial charge in [-0.25, -0.2) is 0 Å². The molecule has 0 aromatic carbocycles. The first-order valence-corrected chi connectivity index (χ1v) is 5.94. The normalized spacial score (nSPS) is 11.5. The third-order valence-electron chi connectivity index (χ3n) is 0.499. The largest absolute Gasteiger partial charge is 0.122 e. The van der Waals surface area contributed by atoms with Gasteiger partial charge in [-0.05, 0) is 0 Å². The van der Waals surface area contributed by atoms with Gasteiger partial charge in [0.05, 0.1) is 6.63 Å². The zero-order valence-electron chi connectivity index (χ0n) is 4.15. The number of rotatable bonds is 3. The average Bonchev–Trinajstić information content (AvgIpc) is 1.66. The van der Waals surface area contributed by atoms with Gasteiger partial charge in [-0.3, -0.25) is 0 Å². The molecular weight excluding hydrogens is 185 g/mol. The standard InChI is InChI=1S/C4H6Cl3P/c5-3-1-2-4-8(6)7/h1-2H,3-4H2/b2-1+. The van der Waals surface area contributed by atoms with E-state index in [0.717, 1.165) is 6.16 Å². The molecule has 0 N–H and O–H groups in total. The van der Waals surface area contributed by atoms with E-state index in [2.05, 4.69) is 0 Å². The lowest BCUT2D eigenvalue weighted by Crippen LogP contribution is -1.65. The van der Waals surface area contributed by atoms with Crippen LogP contribution in [-0.2, 0) is 0 Å². The van der Waals surface area contributed by atoms with Gasteiger partial charge < -0.3 is 0 Å². The second-order valence-corrected chi connectivity index (χ2v) is 5.36. The second kappa shape index (κ2) is 6.16. The summed E-state index contributed by atoms with van der Waals surface area (Å²) in [4.78, 5) is 0. The minimum atomic E-state index is -0.813. The average molecular weight is 191 g/mol. The molecule has 0 saturated heterocycles. The van der Waals surface area contributed by atoms with Crippen molar-refractivity contribution in [2.75, 3.05) is 12.0 Å². The highest BCUT2D eigenvalue weighted by Crippen LogP contribution is 2.46. The highest BCUT2D eigenvalue weighted by atomic mass is 35.9. The van der Waals surface area contributed by atoms with Gasteiger partial charge in [-0.1, -0.05) is 34.6 Å². The highest BCUT2D eigenvalue weighted by Gasteiger charge is 1.90. The Kier molecular flexibility index (Phi) is 6.97. The minimum Gasteiger partial charge on any atom is -0.122 e. The van der Waals surface area contributed by atoms with Crippen molar-refractivity contribution >= 4 is 40.7 Å². The number of hydrogen-bond donors (Lipinski definition) is 0. The van der Waals surface area contributed by atoms with Gasteiger partial charge in [-0.15, -0.1) is 11.6 Å². The molecule has 0 aromatic rings. The Hall–Kier alpha value is 1.04. The van der Waals surface area contributed by atoms with Gasteiger partial charge in [0.1, 0.15) is 0 Å². The molecule has 0 rings (SSSR count). The molecule has 0 unspecified atom stereocenters. The smallest absolute Gasteiger partial charge is 0.0892 e. The Bertz CT molecular complexity index is 71.7. The molecule has 0 radical (unpaired) electrons. The van der Waals surface area contributed by atoms with Gasteiger partial charge in [-0.2, -0.15) is 0 Å². The second-order valence-electron chi connectivity index (χ2n) is 1.11. The van der Waals surface area contributed by atoms with Crippen LogP contribution in [-0.4, -0.2) is 12.0 Å². The fourth-order valence-corrected chi connectivity index (χ4v) is 1.13. The van der Waals surface area contributed by atoms with Crippen LogP contribution < -0.4 is 0 Å². The molecule has 4 heteroatoms. The molecule has 0 spiro atoms. The van der Waals surface area contributed by atoms with Crippen LogP contribution in [0.4, 0.5) is 0 Å². The van der Waals surface area contributed by atoms with Crippen molar-refractivity contribution in [3.63, 3.8) is 0 Å². The molecule has 8 heavy (non-hydrogen) atoms. The molecule has 0 saturated carbocycles. The lowest BCUT2D eigenvalue weighted by molar-refractivity contribution is 1.66. The van der Waals surface area contributed by atoms with Crippen molar-refractivity contribution in [1.29, 1.82) is 0 Å². The summed E-state index contributed by atoms with van der Waals surface area (Å²) >= 11 is 16.2. The van der Waals surface area contributed by atoms with Crippen molar-refractivity contribution in [3.8, 4) is 0 Å². The molecule has 0 nitrogen and oxygen atoms in total. The Morgan fingerprint density at radius 2 is 1.88 bits per heavy atom. The topological polar surface area (TPSA) is 0 Å². The predicted molar refractivity (Wildman–Crippen MR) is 43.4 cm³/mol. The van der Waals surface area contributed by atoms with Crippen molar-refractivity contribution in [2.45, 2.75) is 0 Å². The van der Waals surface area contributed by atoms with E-state index in [9.17, 15) is 0 Å². The van der Waals surface area contributed by atoms with Gasteiger partial charge in [0, 0.05) is 12.0 Å². The SMILES string of the molecule is ClC/C=C/CP(Cl)Cl. The number of allylic oxidation sites excluding steroid dienone is 2. The molecule has 0 aliphatic heterocycles. The van der Waals surface area contributed by atoms with E-state index in [1.54, 1.807) is 0 Å². The van der Waals surface area contributed by atoms with Crippen LogP contribution in [0.15, 0.2) is 12.2 Å². The van der Waals surface area contributed by atoms with Crippen molar-refractivity contribution in [1.82, 2.24) is 0 Å². The van der Waals surface area contributed by atoms with Crippen LogP contribution in [0.25, 0.3) is 0 Å². The zero-order chi connectivity index (χ0) is 6.41. The zero-order valence-corrected chi connectivity index (χ0v) is 7.31. The molecule has 0 aromatic heterocycles. The number of halogens is 3. The first-order valence-electron chi connectivity index (χ1n) is 2.07. The van der Waals surface area contributed by atoms with Crippen LogP contribution >= 0.6 is 40.7 Å². The summed E-state index contributed by atoms with van der Waals surface area (Å²) in [5.41, 5.74) is 0. The third-order valence-corrected chi connectivity index (χ3v) is 1.99. The quantitative estimate of drug-likeness (QED) is 0.363. The lowest BCUT2D eigenvalue weighted by atomic mass is 10.6. The fraction of sp³-hybridized carbons (Fsp3) is 0.500. The van der Waals surface area contributed by atoms with E-state index in [1.807, 2.05) is 12.2 Å². The van der Waals surface area contributed by atoms with Gasteiger partial charge in [0.25, 0.3) is 0 Å². The maximum Gasteiger partial charge on any atom is 0.0892 e. The van der Waals surface area contributed by atoms with E-state index in [4.69, 9.17) is 34.1 Å². The molecule has 48 valence electrons. The van der Waals surface area contributed by atoms with E-state index >= 15 is 0 Å². The number of hydrogen-bond acceptors (Lipinski definition) is 0. The Morgan fingerprint density at radius 1 is 1.25 bits per heavy atom. The van der Waals surface area contributed by atoms with Crippen LogP contribution in [0.5, 0.6) is 0 Å². The van der Waals surface area contributed by atoms with Crippen LogP contribution in [0.2, 0.25) is 0 Å². The van der Waals surface area contributed by atoms with Crippen molar-refractivity contribution in [2.24, 2.45) is 0 Å². The van der Waals surface area contributed by atoms with E-state index in [0.29, 0.717) is 5.88 Å². The van der Waals surface area contributed by atoms with Crippen molar-refractivity contribution in [3.05, 3.63) is 12.2 Å². The monoisotopic (exact) mass is 190 g/mol. The van der Waals surface area contributed by atoms with E-state index in [-0.39, 0.29) is 0 Å². The summed E-state index contributed by atoms with van der Waals surface area (Å²) in [5.74, 6) is 0.539. The summed E-state index contributed by atoms with van der Waals surface area (Å²) in [6.45, 7) is -0.813. The Balaban J connectivity index is 3.03. The van der Waals surface area contributed by atoms with Gasteiger partial charge in [0.15, 0.2) is 0 Å². The summed E-state index contributed by atoms with van der Waals surface area (Å²) in [6.07, 6.45) is 4.46. The van der Waals surface area contributed by atoms with Crippen molar-refractivity contribution < 1.29 is 0 Å². The first-order chi connectivity index (χ1) is 3.77. The maximum atomic E-state index is 5.45. The van der Waals surface area contributed by atoms with Crippen LogP contribution in [0, 0.1) is 0 Å². The van der Waals surface area contributed by atoms with Crippen LogP contribution in [0.1, 0.15) is 0 Å². The maximum absolute atomic E-state index is 5.45. The number of alkyl halides is 1. The summed E-state index contributed by atoms with van der Waals surface area (Å²) in [5, 5.41) is 0. The van der Waals surface area contributed by atoms with Gasteiger partial charge in [0.2, 0.25) is 0 Å². The molecule has 0 aliphatic carbocycles. The fourth-order valence-electron chi connectivity index (χ4n) is 0.217. The molecule has 0 fully saturated rings. The first kappa shape index (κ1) is 9.04. The summed E-state index contributed by atoms with van der Waals surface area (Å²) in [6, 6.07) is 0. The van der Waals surface area contributed by atoms with E-state index < -0.39 is 6.63 Å². The Morgan fingerprint density at radius 3 is 2.25 bits per heavy atom. The van der Waals surface area contributed by atoms with Gasteiger partial charge >= 0.3 is 0 Å². The molecule has 0 heterocycles. The third kappa shape index (κ3) is 7.04. The lowest BCUT2D eigenvalue weighted by Gasteiger charge is -1.88. The molecule has 0 atom stereocenters. The summed E-state index contributed by atoms with van der Waals surface area (Å²) < 4.78 is 0. The molecule has 0 amide bonds.